The first kappa shape index (κ1) is 13.4. The maximum absolute atomic E-state index is 12.4. The summed E-state index contributed by atoms with van der Waals surface area (Å²) < 4.78 is 5.39. The van der Waals surface area contributed by atoms with Gasteiger partial charge in [-0.15, -0.1) is 0 Å². The summed E-state index contributed by atoms with van der Waals surface area (Å²) in [4.78, 5) is 13.9. The van der Waals surface area contributed by atoms with Gasteiger partial charge in [-0.05, 0) is 43.9 Å². The van der Waals surface area contributed by atoms with Crippen LogP contribution in [-0.2, 0) is 4.79 Å². The molecule has 4 heteroatoms. The highest BCUT2D eigenvalue weighted by Crippen LogP contribution is 2.47. The fraction of sp³-hybridized carbons (Fsp3) is 0.467. The third-order valence-electron chi connectivity index (χ3n) is 3.64. The van der Waals surface area contributed by atoms with Crippen LogP contribution in [0.15, 0.2) is 12.1 Å². The third-order valence-corrected chi connectivity index (χ3v) is 3.64. The van der Waals surface area contributed by atoms with Crippen molar-refractivity contribution in [3.8, 4) is 11.8 Å². The van der Waals surface area contributed by atoms with Gasteiger partial charge in [-0.25, -0.2) is 0 Å². The number of hydrogen-bond acceptors (Lipinski definition) is 3. The molecular weight excluding hydrogens is 240 g/mol. The van der Waals surface area contributed by atoms with E-state index < -0.39 is 5.41 Å². The Hall–Kier alpha value is -2.02. The van der Waals surface area contributed by atoms with Gasteiger partial charge >= 0.3 is 0 Å². The molecule has 0 spiro atoms. The fourth-order valence-electron chi connectivity index (χ4n) is 2.38. The summed E-state index contributed by atoms with van der Waals surface area (Å²) in [6.45, 7) is 3.93. The molecule has 0 heterocycles. The third kappa shape index (κ3) is 2.17. The Balaban J connectivity index is 2.42. The smallest absolute Gasteiger partial charge is 0.247 e. The minimum atomic E-state index is -0.808. The van der Waals surface area contributed by atoms with Gasteiger partial charge < -0.3 is 9.64 Å². The van der Waals surface area contributed by atoms with Crippen LogP contribution in [0.25, 0.3) is 0 Å². The van der Waals surface area contributed by atoms with Crippen LogP contribution in [0.4, 0.5) is 5.69 Å². The summed E-state index contributed by atoms with van der Waals surface area (Å²) in [5, 5.41) is 9.13. The lowest BCUT2D eigenvalue weighted by molar-refractivity contribution is -0.121. The summed E-state index contributed by atoms with van der Waals surface area (Å²) in [6, 6.07) is 6.06. The van der Waals surface area contributed by atoms with E-state index in [0.717, 1.165) is 16.8 Å². The van der Waals surface area contributed by atoms with Crippen molar-refractivity contribution in [3.63, 3.8) is 0 Å². The molecule has 19 heavy (non-hydrogen) atoms. The predicted molar refractivity (Wildman–Crippen MR) is 73.2 cm³/mol. The zero-order chi connectivity index (χ0) is 14.2. The lowest BCUT2D eigenvalue weighted by Crippen LogP contribution is -2.33. The van der Waals surface area contributed by atoms with Crippen molar-refractivity contribution < 1.29 is 9.53 Å². The number of ether oxygens (including phenoxy) is 1. The van der Waals surface area contributed by atoms with Gasteiger partial charge in [0.05, 0.1) is 18.9 Å². The molecule has 1 aromatic rings. The van der Waals surface area contributed by atoms with Gasteiger partial charge in [0, 0.05) is 7.05 Å². The Morgan fingerprint density at radius 1 is 1.42 bits per heavy atom. The van der Waals surface area contributed by atoms with Gasteiger partial charge in [0.25, 0.3) is 0 Å². The number of anilines is 1. The Bertz CT molecular complexity index is 568. The average Bonchev–Trinajstić information content (AvgIpc) is 3.17. The number of hydrogen-bond donors (Lipinski definition) is 0. The van der Waals surface area contributed by atoms with Gasteiger partial charge in [0.15, 0.2) is 0 Å². The molecule has 0 unspecified atom stereocenters. The Morgan fingerprint density at radius 2 is 2.05 bits per heavy atom. The lowest BCUT2D eigenvalue weighted by atomic mass is 10.1. The van der Waals surface area contributed by atoms with Crippen molar-refractivity contribution in [2.75, 3.05) is 19.1 Å². The molecule has 1 fully saturated rings. The van der Waals surface area contributed by atoms with Crippen LogP contribution >= 0.6 is 0 Å². The fourth-order valence-corrected chi connectivity index (χ4v) is 2.38. The van der Waals surface area contributed by atoms with E-state index in [1.165, 1.54) is 0 Å². The molecule has 1 aromatic carbocycles. The highest BCUT2D eigenvalue weighted by atomic mass is 16.5. The number of nitrogens with zero attached hydrogens (tertiary/aromatic N) is 2. The second-order valence-corrected chi connectivity index (χ2v) is 5.19. The largest absolute Gasteiger partial charge is 0.494 e. The molecule has 0 aliphatic heterocycles. The van der Waals surface area contributed by atoms with Gasteiger partial charge in [-0.1, -0.05) is 6.07 Å². The van der Waals surface area contributed by atoms with Crippen molar-refractivity contribution >= 4 is 11.6 Å². The van der Waals surface area contributed by atoms with E-state index in [0.29, 0.717) is 18.6 Å². The number of amides is 1. The van der Waals surface area contributed by atoms with Crippen LogP contribution < -0.4 is 9.64 Å². The molecule has 1 aliphatic carbocycles. The number of methoxy groups -OCH3 is 1. The van der Waals surface area contributed by atoms with Crippen LogP contribution in [0.5, 0.6) is 5.75 Å². The molecule has 0 radical (unpaired) electrons. The summed E-state index contributed by atoms with van der Waals surface area (Å²) >= 11 is 0. The van der Waals surface area contributed by atoms with Gasteiger partial charge in [0.2, 0.25) is 5.91 Å². The van der Waals surface area contributed by atoms with E-state index in [1.54, 1.807) is 19.1 Å². The van der Waals surface area contributed by atoms with Crippen LogP contribution in [0.1, 0.15) is 24.0 Å². The quantitative estimate of drug-likeness (QED) is 0.837. The monoisotopic (exact) mass is 258 g/mol. The van der Waals surface area contributed by atoms with Crippen molar-refractivity contribution in [1.82, 2.24) is 0 Å². The highest BCUT2D eigenvalue weighted by Gasteiger charge is 2.52. The molecule has 4 nitrogen and oxygen atoms in total. The molecule has 100 valence electrons. The molecular formula is C15H18N2O2. The van der Waals surface area contributed by atoms with E-state index in [1.807, 2.05) is 26.0 Å². The molecule has 1 saturated carbocycles. The normalized spacial score (nSPS) is 15.5. The zero-order valence-corrected chi connectivity index (χ0v) is 11.8. The second kappa shape index (κ2) is 4.58. The molecule has 1 aliphatic rings. The van der Waals surface area contributed by atoms with Crippen LogP contribution in [0, 0.1) is 30.6 Å². The van der Waals surface area contributed by atoms with Gasteiger partial charge in [0.1, 0.15) is 11.2 Å². The van der Waals surface area contributed by atoms with Gasteiger partial charge in [-0.3, -0.25) is 4.79 Å². The van der Waals surface area contributed by atoms with E-state index in [2.05, 4.69) is 6.07 Å². The van der Waals surface area contributed by atoms with E-state index >= 15 is 0 Å². The number of carbonyl (C=O) groups excluding carboxylic acids is 1. The van der Waals surface area contributed by atoms with E-state index in [-0.39, 0.29) is 5.91 Å². The van der Waals surface area contributed by atoms with Crippen LogP contribution in [0.3, 0.4) is 0 Å². The lowest BCUT2D eigenvalue weighted by Gasteiger charge is -2.23. The summed E-state index contributed by atoms with van der Waals surface area (Å²) in [6.07, 6.45) is 1.31. The number of aryl methyl sites for hydroxylation is 2. The number of benzene rings is 1. The molecule has 1 amide bonds. The highest BCUT2D eigenvalue weighted by molar-refractivity contribution is 6.02. The van der Waals surface area contributed by atoms with Crippen LogP contribution in [-0.4, -0.2) is 20.1 Å². The SMILES string of the molecule is COc1c(C)cc(C)cc1N(C)C(=O)C1(C#N)CC1. The molecule has 0 N–H and O–H groups in total. The van der Waals surface area contributed by atoms with Crippen LogP contribution in [0.2, 0.25) is 0 Å². The minimum absolute atomic E-state index is 0.140. The molecule has 0 aromatic heterocycles. The first-order chi connectivity index (χ1) is 8.95. The van der Waals surface area contributed by atoms with Crippen molar-refractivity contribution in [3.05, 3.63) is 23.3 Å². The van der Waals surface area contributed by atoms with E-state index in [9.17, 15) is 4.79 Å². The molecule has 0 saturated heterocycles. The first-order valence-electron chi connectivity index (χ1n) is 6.30. The van der Waals surface area contributed by atoms with Crippen molar-refractivity contribution in [1.29, 1.82) is 5.26 Å². The topological polar surface area (TPSA) is 53.3 Å². The Labute approximate surface area is 113 Å². The summed E-state index contributed by atoms with van der Waals surface area (Å²) in [7, 11) is 3.30. The number of rotatable bonds is 3. The summed E-state index contributed by atoms with van der Waals surface area (Å²) in [5.74, 6) is 0.550. The average molecular weight is 258 g/mol. The Kier molecular flexibility index (Phi) is 3.23. The standard InChI is InChI=1S/C15H18N2O2/c1-10-7-11(2)13(19-4)12(8-10)17(3)14(18)15(9-16)5-6-15/h7-8H,5-6H2,1-4H3. The maximum Gasteiger partial charge on any atom is 0.247 e. The van der Waals surface area contributed by atoms with Gasteiger partial charge in [-0.2, -0.15) is 5.26 Å². The van der Waals surface area contributed by atoms with Crippen molar-refractivity contribution in [2.45, 2.75) is 26.7 Å². The Morgan fingerprint density at radius 3 is 2.53 bits per heavy atom. The predicted octanol–water partition coefficient (Wildman–Crippen LogP) is 2.58. The maximum atomic E-state index is 12.4. The zero-order valence-electron chi connectivity index (χ0n) is 11.8. The van der Waals surface area contributed by atoms with E-state index in [4.69, 9.17) is 10.00 Å². The minimum Gasteiger partial charge on any atom is -0.494 e. The molecule has 0 atom stereocenters. The first-order valence-corrected chi connectivity index (χ1v) is 6.30. The number of nitriles is 1. The van der Waals surface area contributed by atoms with Crippen molar-refractivity contribution in [2.24, 2.45) is 5.41 Å². The molecule has 0 bridgehead atoms. The number of carbonyl (C=O) groups is 1. The second-order valence-electron chi connectivity index (χ2n) is 5.19. The summed E-state index contributed by atoms with van der Waals surface area (Å²) in [5.41, 5.74) is 1.97. The molecule has 2 rings (SSSR count).